The Bertz CT molecular complexity index is 777. The molecule has 0 aliphatic rings. The van der Waals surface area contributed by atoms with Crippen molar-refractivity contribution in [3.05, 3.63) is 59.4 Å². The molecule has 1 atom stereocenters. The van der Waals surface area contributed by atoms with Gasteiger partial charge in [0, 0.05) is 37.7 Å². The number of carbonyl (C=O) groups excluding carboxylic acids is 2. The van der Waals surface area contributed by atoms with Crippen LogP contribution in [0.25, 0.3) is 0 Å². The summed E-state index contributed by atoms with van der Waals surface area (Å²) in [6.45, 7) is 4.01. The molecular formula is C21H28N4O2. The zero-order chi connectivity index (χ0) is 19.8. The lowest BCUT2D eigenvalue weighted by molar-refractivity contribution is 0.0963. The van der Waals surface area contributed by atoms with E-state index < -0.39 is 0 Å². The molecule has 6 nitrogen and oxygen atoms in total. The van der Waals surface area contributed by atoms with Crippen LogP contribution in [0.1, 0.15) is 53.7 Å². The fourth-order valence-electron chi connectivity index (χ4n) is 2.99. The molecular weight excluding hydrogens is 340 g/mol. The lowest BCUT2D eigenvalue weighted by atomic mass is 10.0. The van der Waals surface area contributed by atoms with Crippen molar-refractivity contribution in [1.82, 2.24) is 15.2 Å². The summed E-state index contributed by atoms with van der Waals surface area (Å²) in [6, 6.07) is 8.90. The van der Waals surface area contributed by atoms with Crippen LogP contribution >= 0.6 is 0 Å². The van der Waals surface area contributed by atoms with Crippen molar-refractivity contribution in [1.29, 1.82) is 0 Å². The highest BCUT2D eigenvalue weighted by Gasteiger charge is 2.22. The van der Waals surface area contributed by atoms with Crippen LogP contribution in [-0.2, 0) is 0 Å². The van der Waals surface area contributed by atoms with Crippen molar-refractivity contribution in [2.24, 2.45) is 0 Å². The minimum atomic E-state index is -0.184. The first-order valence-corrected chi connectivity index (χ1v) is 9.24. The number of amides is 3. The predicted molar refractivity (Wildman–Crippen MR) is 108 cm³/mol. The monoisotopic (exact) mass is 368 g/mol. The zero-order valence-electron chi connectivity index (χ0n) is 16.5. The van der Waals surface area contributed by atoms with Crippen LogP contribution in [0.4, 0.5) is 10.5 Å². The number of benzene rings is 1. The summed E-state index contributed by atoms with van der Waals surface area (Å²) in [7, 11) is 3.40. The van der Waals surface area contributed by atoms with Crippen molar-refractivity contribution in [2.75, 3.05) is 19.4 Å². The van der Waals surface area contributed by atoms with Gasteiger partial charge in [-0.1, -0.05) is 25.8 Å². The zero-order valence-corrected chi connectivity index (χ0v) is 16.5. The summed E-state index contributed by atoms with van der Waals surface area (Å²) < 4.78 is 0. The summed E-state index contributed by atoms with van der Waals surface area (Å²) >= 11 is 0. The van der Waals surface area contributed by atoms with Gasteiger partial charge in [0.05, 0.1) is 6.04 Å². The maximum atomic E-state index is 12.8. The molecule has 2 aromatic rings. The number of pyridine rings is 1. The minimum absolute atomic E-state index is 0.0379. The molecule has 0 radical (unpaired) electrons. The molecule has 1 aromatic heterocycles. The number of nitrogens with zero attached hydrogens (tertiary/aromatic N) is 2. The van der Waals surface area contributed by atoms with Crippen LogP contribution in [0, 0.1) is 6.92 Å². The molecule has 144 valence electrons. The van der Waals surface area contributed by atoms with E-state index >= 15 is 0 Å². The lowest BCUT2D eigenvalue weighted by Crippen LogP contribution is -2.35. The van der Waals surface area contributed by atoms with Crippen LogP contribution < -0.4 is 10.6 Å². The molecule has 2 rings (SSSR count). The smallest absolute Gasteiger partial charge is 0.322 e. The minimum Gasteiger partial charge on any atom is -0.355 e. The van der Waals surface area contributed by atoms with Gasteiger partial charge < -0.3 is 15.5 Å². The molecule has 0 saturated carbocycles. The molecule has 0 spiro atoms. The van der Waals surface area contributed by atoms with Gasteiger partial charge in [0.15, 0.2) is 0 Å². The van der Waals surface area contributed by atoms with Crippen LogP contribution in [0.5, 0.6) is 0 Å². The third-order valence-corrected chi connectivity index (χ3v) is 4.65. The summed E-state index contributed by atoms with van der Waals surface area (Å²) in [6.07, 6.45) is 6.51. The first-order valence-electron chi connectivity index (χ1n) is 9.24. The van der Waals surface area contributed by atoms with Crippen LogP contribution in [0.15, 0.2) is 42.7 Å². The number of aryl methyl sites for hydroxylation is 1. The Hall–Kier alpha value is -2.89. The Labute approximate surface area is 161 Å². The van der Waals surface area contributed by atoms with E-state index in [1.54, 1.807) is 43.4 Å². The van der Waals surface area contributed by atoms with Crippen molar-refractivity contribution in [2.45, 2.75) is 39.2 Å². The quantitative estimate of drug-likeness (QED) is 0.771. The van der Waals surface area contributed by atoms with Gasteiger partial charge in [-0.05, 0) is 48.7 Å². The second-order valence-electron chi connectivity index (χ2n) is 6.59. The number of rotatable bonds is 7. The van der Waals surface area contributed by atoms with Gasteiger partial charge in [-0.25, -0.2) is 4.79 Å². The first-order chi connectivity index (χ1) is 13.0. The van der Waals surface area contributed by atoms with Gasteiger partial charge in [-0.3, -0.25) is 9.78 Å². The number of nitrogens with one attached hydrogen (secondary N) is 2. The number of hydrogen-bond donors (Lipinski definition) is 2. The van der Waals surface area contributed by atoms with Gasteiger partial charge in [-0.2, -0.15) is 0 Å². The number of unbranched alkanes of at least 4 members (excludes halogenated alkanes) is 1. The summed E-state index contributed by atoms with van der Waals surface area (Å²) in [5.41, 5.74) is 3.12. The number of urea groups is 1. The van der Waals surface area contributed by atoms with Crippen LogP contribution in [0.3, 0.4) is 0 Å². The summed E-state index contributed by atoms with van der Waals surface area (Å²) in [4.78, 5) is 30.5. The van der Waals surface area contributed by atoms with Crippen molar-refractivity contribution >= 4 is 17.6 Å². The Balaban J connectivity index is 2.16. The van der Waals surface area contributed by atoms with E-state index in [1.807, 2.05) is 25.3 Å². The number of aromatic nitrogens is 1. The SMILES string of the molecule is CCCC[C@H](c1cccnc1)N(C)C(=O)Nc1ccc(C(=O)NC)cc1C. The van der Waals surface area contributed by atoms with E-state index in [0.717, 1.165) is 30.4 Å². The largest absolute Gasteiger partial charge is 0.355 e. The molecule has 2 N–H and O–H groups in total. The molecule has 0 unspecified atom stereocenters. The van der Waals surface area contributed by atoms with Crippen LogP contribution in [-0.4, -0.2) is 35.9 Å². The Morgan fingerprint density at radius 1 is 1.26 bits per heavy atom. The van der Waals surface area contributed by atoms with Crippen molar-refractivity contribution in [3.63, 3.8) is 0 Å². The van der Waals surface area contributed by atoms with Crippen molar-refractivity contribution < 1.29 is 9.59 Å². The summed E-state index contributed by atoms with van der Waals surface area (Å²) in [5, 5.41) is 5.55. The average Bonchev–Trinajstić information content (AvgIpc) is 2.69. The molecule has 0 fully saturated rings. The highest BCUT2D eigenvalue weighted by Crippen LogP contribution is 2.26. The fourth-order valence-corrected chi connectivity index (χ4v) is 2.99. The topological polar surface area (TPSA) is 74.3 Å². The average molecular weight is 368 g/mol. The maximum Gasteiger partial charge on any atom is 0.322 e. The van der Waals surface area contributed by atoms with Crippen LogP contribution in [0.2, 0.25) is 0 Å². The van der Waals surface area contributed by atoms with Gasteiger partial charge in [0.25, 0.3) is 5.91 Å². The third kappa shape index (κ3) is 5.29. The molecule has 0 bridgehead atoms. The van der Waals surface area contributed by atoms with Gasteiger partial charge in [0.1, 0.15) is 0 Å². The first kappa shape index (κ1) is 20.4. The van der Waals surface area contributed by atoms with Crippen molar-refractivity contribution in [3.8, 4) is 0 Å². The molecule has 1 aromatic carbocycles. The van der Waals surface area contributed by atoms with Gasteiger partial charge >= 0.3 is 6.03 Å². The number of carbonyl (C=O) groups is 2. The fraction of sp³-hybridized carbons (Fsp3) is 0.381. The summed E-state index contributed by atoms with van der Waals surface area (Å²) in [5.74, 6) is -0.149. The maximum absolute atomic E-state index is 12.8. The van der Waals surface area contributed by atoms with E-state index in [-0.39, 0.29) is 18.0 Å². The van der Waals surface area contributed by atoms with Gasteiger partial charge in [0.2, 0.25) is 0 Å². The standard InChI is InChI=1S/C21H28N4O2/c1-5-6-9-19(17-8-7-12-23-14-17)25(4)21(27)24-18-11-10-16(13-15(18)2)20(26)22-3/h7-8,10-14,19H,5-6,9H2,1-4H3,(H,22,26)(H,24,27)/t19-/m1/s1. The molecule has 27 heavy (non-hydrogen) atoms. The molecule has 0 aliphatic carbocycles. The Morgan fingerprint density at radius 2 is 2.04 bits per heavy atom. The van der Waals surface area contributed by atoms with E-state index in [1.165, 1.54) is 0 Å². The Kier molecular flexibility index (Phi) is 7.34. The second kappa shape index (κ2) is 9.71. The third-order valence-electron chi connectivity index (χ3n) is 4.65. The predicted octanol–water partition coefficient (Wildman–Crippen LogP) is 4.14. The van der Waals surface area contributed by atoms with E-state index in [9.17, 15) is 9.59 Å². The number of anilines is 1. The normalized spacial score (nSPS) is 11.6. The Morgan fingerprint density at radius 3 is 2.63 bits per heavy atom. The molecule has 3 amide bonds. The van der Waals surface area contributed by atoms with E-state index in [4.69, 9.17) is 0 Å². The highest BCUT2D eigenvalue weighted by molar-refractivity contribution is 5.96. The van der Waals surface area contributed by atoms with E-state index in [0.29, 0.717) is 11.3 Å². The van der Waals surface area contributed by atoms with Gasteiger partial charge in [-0.15, -0.1) is 0 Å². The molecule has 0 aliphatic heterocycles. The molecule has 0 saturated heterocycles. The molecule has 1 heterocycles. The van der Waals surface area contributed by atoms with E-state index in [2.05, 4.69) is 22.5 Å². The number of hydrogen-bond acceptors (Lipinski definition) is 3. The molecule has 6 heteroatoms. The lowest BCUT2D eigenvalue weighted by Gasteiger charge is -2.29. The second-order valence-corrected chi connectivity index (χ2v) is 6.59. The highest BCUT2D eigenvalue weighted by atomic mass is 16.2.